The average molecular weight is 433 g/mol. The number of benzene rings is 2. The van der Waals surface area contributed by atoms with E-state index in [1.54, 1.807) is 10.7 Å². The molecule has 1 aliphatic rings. The minimum absolute atomic E-state index is 0. The van der Waals surface area contributed by atoms with Gasteiger partial charge in [0.1, 0.15) is 11.6 Å². The molecule has 0 fully saturated rings. The van der Waals surface area contributed by atoms with Crippen molar-refractivity contribution in [2.75, 3.05) is 0 Å². The third-order valence-corrected chi connectivity index (χ3v) is 5.32. The summed E-state index contributed by atoms with van der Waals surface area (Å²) in [6, 6.07) is 12.7. The zero-order valence-electron chi connectivity index (χ0n) is 16.0. The Morgan fingerprint density at radius 1 is 1.31 bits per heavy atom. The number of carbonyl (C=O) groups is 1. The molecule has 1 atom stereocenters. The van der Waals surface area contributed by atoms with Gasteiger partial charge in [-0.25, -0.2) is 14.1 Å². The molecule has 0 radical (unpaired) electrons. The van der Waals surface area contributed by atoms with Crippen LogP contribution in [0.15, 0.2) is 42.5 Å². The number of hydrogen-bond donors (Lipinski definition) is 1. The number of nitrogens with zero attached hydrogens (tertiary/aromatic N) is 3. The molecule has 1 heterocycles. The van der Waals surface area contributed by atoms with Gasteiger partial charge >= 0.3 is 0 Å². The number of halogens is 2. The molecule has 0 saturated heterocycles. The molecule has 29 heavy (non-hydrogen) atoms. The van der Waals surface area contributed by atoms with Gasteiger partial charge in [-0.15, -0.1) is 0 Å². The molecule has 152 valence electrons. The van der Waals surface area contributed by atoms with Crippen LogP contribution in [0.1, 0.15) is 36.3 Å². The number of hydrogen-bond acceptors (Lipinski definition) is 3. The predicted molar refractivity (Wildman–Crippen MR) is 116 cm³/mol. The highest BCUT2D eigenvalue weighted by Crippen LogP contribution is 2.30. The first-order valence-electron chi connectivity index (χ1n) is 9.31. The van der Waals surface area contributed by atoms with E-state index >= 15 is 0 Å². The predicted octanol–water partition coefficient (Wildman–Crippen LogP) is 4.22. The Morgan fingerprint density at radius 3 is 2.86 bits per heavy atom. The molecule has 1 amide bonds. The zero-order chi connectivity index (χ0) is 19.7. The Labute approximate surface area is 180 Å². The minimum Gasteiger partial charge on any atom is -0.349 e. The van der Waals surface area contributed by atoms with Gasteiger partial charge in [0.25, 0.3) is 0 Å². The molecular weight excluding hydrogens is 411 g/mol. The Bertz CT molecular complexity index is 1040. The summed E-state index contributed by atoms with van der Waals surface area (Å²) in [5.41, 5.74) is 3.00. The molecule has 0 bridgehead atoms. The van der Waals surface area contributed by atoms with Gasteiger partial charge in [-0.2, -0.15) is 18.6 Å². The Hall–Kier alpha value is -2.38. The van der Waals surface area contributed by atoms with E-state index in [1.807, 2.05) is 19.1 Å². The molecule has 1 aromatic heterocycles. The smallest absolute Gasteiger partial charge is 0.228 e. The van der Waals surface area contributed by atoms with Gasteiger partial charge in [-0.05, 0) is 49.1 Å². The van der Waals surface area contributed by atoms with Crippen molar-refractivity contribution in [1.82, 2.24) is 20.1 Å². The van der Waals surface area contributed by atoms with E-state index in [4.69, 9.17) is 11.6 Å². The van der Waals surface area contributed by atoms with Gasteiger partial charge in [0.2, 0.25) is 5.91 Å². The molecule has 4 rings (SSSR count). The fourth-order valence-electron chi connectivity index (χ4n) is 3.61. The van der Waals surface area contributed by atoms with Crippen molar-refractivity contribution >= 4 is 31.0 Å². The van der Waals surface area contributed by atoms with Crippen LogP contribution < -0.4 is 5.32 Å². The quantitative estimate of drug-likeness (QED) is 0.656. The van der Waals surface area contributed by atoms with Crippen molar-refractivity contribution in [2.24, 2.45) is 0 Å². The molecular formula is C21H22ClFN4OS. The zero-order valence-corrected chi connectivity index (χ0v) is 17.7. The molecule has 5 nitrogen and oxygen atoms in total. The van der Waals surface area contributed by atoms with Crippen LogP contribution in [0.4, 0.5) is 4.39 Å². The summed E-state index contributed by atoms with van der Waals surface area (Å²) < 4.78 is 15.4. The number of fused-ring (bicyclic) bond motifs is 1. The SMILES string of the molecule is CCn1nc(-c2ccc(Cl)c(F)c2)nc1CC(=O)N[C@H]1CCc2ccccc21.S. The summed E-state index contributed by atoms with van der Waals surface area (Å²) in [6.45, 7) is 2.49. The van der Waals surface area contributed by atoms with Gasteiger partial charge < -0.3 is 5.32 Å². The van der Waals surface area contributed by atoms with E-state index in [-0.39, 0.29) is 36.9 Å². The van der Waals surface area contributed by atoms with Crippen molar-refractivity contribution in [1.29, 1.82) is 0 Å². The fourth-order valence-corrected chi connectivity index (χ4v) is 3.73. The molecule has 0 unspecified atom stereocenters. The van der Waals surface area contributed by atoms with Crippen LogP contribution in [0, 0.1) is 5.82 Å². The maximum absolute atomic E-state index is 13.8. The van der Waals surface area contributed by atoms with Crippen LogP contribution in [0.5, 0.6) is 0 Å². The second kappa shape index (κ2) is 8.97. The summed E-state index contributed by atoms with van der Waals surface area (Å²) in [7, 11) is 0. The molecule has 2 aromatic carbocycles. The number of amides is 1. The van der Waals surface area contributed by atoms with Crippen molar-refractivity contribution < 1.29 is 9.18 Å². The van der Waals surface area contributed by atoms with Crippen LogP contribution in [0.2, 0.25) is 5.02 Å². The largest absolute Gasteiger partial charge is 0.349 e. The molecule has 0 saturated carbocycles. The lowest BCUT2D eigenvalue weighted by atomic mass is 10.1. The number of nitrogens with one attached hydrogen (secondary N) is 1. The Kier molecular flexibility index (Phi) is 6.59. The molecule has 1 aliphatic carbocycles. The van der Waals surface area contributed by atoms with Gasteiger partial charge in [0.15, 0.2) is 5.82 Å². The summed E-state index contributed by atoms with van der Waals surface area (Å²) in [5, 5.41) is 7.56. The lowest BCUT2D eigenvalue weighted by Gasteiger charge is -2.14. The normalized spacial score (nSPS) is 14.9. The van der Waals surface area contributed by atoms with E-state index in [1.165, 1.54) is 23.3 Å². The molecule has 0 aliphatic heterocycles. The number of aromatic nitrogens is 3. The highest BCUT2D eigenvalue weighted by atomic mass is 35.5. The number of rotatable bonds is 5. The van der Waals surface area contributed by atoms with E-state index in [2.05, 4.69) is 27.5 Å². The van der Waals surface area contributed by atoms with Gasteiger partial charge in [-0.1, -0.05) is 35.9 Å². The monoisotopic (exact) mass is 432 g/mol. The number of carbonyl (C=O) groups excluding carboxylic acids is 1. The Morgan fingerprint density at radius 2 is 2.10 bits per heavy atom. The molecule has 1 N–H and O–H groups in total. The second-order valence-corrected chi connectivity index (χ2v) is 7.24. The van der Waals surface area contributed by atoms with E-state index < -0.39 is 5.82 Å². The first kappa shape index (κ1) is 21.3. The van der Waals surface area contributed by atoms with Crippen LogP contribution in [-0.2, 0) is 24.2 Å². The standard InChI is InChI=1S/C21H20ClFN4O.H2S/c1-2-27-19(25-21(26-27)14-7-9-16(22)17(23)11-14)12-20(28)24-18-10-8-13-5-3-4-6-15(13)18;/h3-7,9,11,18H,2,8,10,12H2,1H3,(H,24,28);1H2/t18-;/m0./s1. The summed E-state index contributed by atoms with van der Waals surface area (Å²) in [5.74, 6) is 0.312. The van der Waals surface area contributed by atoms with E-state index in [0.717, 1.165) is 12.8 Å². The third-order valence-electron chi connectivity index (χ3n) is 5.01. The van der Waals surface area contributed by atoms with E-state index in [0.29, 0.717) is 23.8 Å². The number of aryl methyl sites for hydroxylation is 2. The Balaban J connectivity index is 0.00000240. The summed E-state index contributed by atoms with van der Waals surface area (Å²) in [6.07, 6.45) is 2.00. The van der Waals surface area contributed by atoms with Crippen LogP contribution in [0.25, 0.3) is 11.4 Å². The summed E-state index contributed by atoms with van der Waals surface area (Å²) >= 11 is 5.74. The molecule has 0 spiro atoms. The third kappa shape index (κ3) is 4.46. The fraction of sp³-hybridized carbons (Fsp3) is 0.286. The molecule has 8 heteroatoms. The van der Waals surface area contributed by atoms with Gasteiger partial charge in [-0.3, -0.25) is 4.79 Å². The average Bonchev–Trinajstić information content (AvgIpc) is 3.28. The van der Waals surface area contributed by atoms with E-state index in [9.17, 15) is 9.18 Å². The topological polar surface area (TPSA) is 59.8 Å². The maximum Gasteiger partial charge on any atom is 0.228 e. The van der Waals surface area contributed by atoms with Gasteiger partial charge in [0.05, 0.1) is 17.5 Å². The lowest BCUT2D eigenvalue weighted by Crippen LogP contribution is -2.29. The van der Waals surface area contributed by atoms with Crippen molar-refractivity contribution in [3.05, 3.63) is 70.3 Å². The first-order chi connectivity index (χ1) is 13.5. The second-order valence-electron chi connectivity index (χ2n) is 6.83. The maximum atomic E-state index is 13.8. The highest BCUT2D eigenvalue weighted by molar-refractivity contribution is 7.59. The van der Waals surface area contributed by atoms with Crippen molar-refractivity contribution in [3.8, 4) is 11.4 Å². The first-order valence-corrected chi connectivity index (χ1v) is 9.69. The summed E-state index contributed by atoms with van der Waals surface area (Å²) in [4.78, 5) is 17.1. The highest BCUT2D eigenvalue weighted by Gasteiger charge is 2.24. The van der Waals surface area contributed by atoms with Crippen LogP contribution in [-0.4, -0.2) is 20.7 Å². The molecule has 3 aromatic rings. The van der Waals surface area contributed by atoms with Crippen molar-refractivity contribution in [3.63, 3.8) is 0 Å². The lowest BCUT2D eigenvalue weighted by molar-refractivity contribution is -0.121. The van der Waals surface area contributed by atoms with Crippen LogP contribution >= 0.6 is 25.1 Å². The van der Waals surface area contributed by atoms with Crippen LogP contribution in [0.3, 0.4) is 0 Å². The minimum atomic E-state index is -0.522. The van der Waals surface area contributed by atoms with Gasteiger partial charge in [0, 0.05) is 12.1 Å². The van der Waals surface area contributed by atoms with Crippen molar-refractivity contribution in [2.45, 2.75) is 38.8 Å².